The monoisotopic (exact) mass is 282 g/mol. The summed E-state index contributed by atoms with van der Waals surface area (Å²) in [6.07, 6.45) is 0.862. The molecule has 1 fully saturated rings. The van der Waals surface area contributed by atoms with Crippen LogP contribution in [0.25, 0.3) is 0 Å². The molecule has 1 saturated heterocycles. The summed E-state index contributed by atoms with van der Waals surface area (Å²) in [6, 6.07) is 15.1. The van der Waals surface area contributed by atoms with Crippen LogP contribution in [0.1, 0.15) is 22.5 Å². The number of hydrogen-bond acceptors (Lipinski definition) is 3. The molecule has 0 saturated carbocycles. The minimum absolute atomic E-state index is 0.0203. The lowest BCUT2D eigenvalue weighted by atomic mass is 10.2. The number of benzene rings is 1. The van der Waals surface area contributed by atoms with Crippen LogP contribution in [-0.4, -0.2) is 35.0 Å². The first-order valence-electron chi connectivity index (χ1n) is 7.17. The zero-order chi connectivity index (χ0) is 14.7. The normalized spacial score (nSPS) is 17.8. The number of likely N-dealkylation sites (tertiary alicyclic amines) is 1. The average Bonchev–Trinajstić information content (AvgIpc) is 2.96. The van der Waals surface area contributed by atoms with E-state index < -0.39 is 0 Å². The first kappa shape index (κ1) is 13.6. The quantitative estimate of drug-likeness (QED) is 0.869. The van der Waals surface area contributed by atoms with E-state index in [2.05, 4.69) is 4.98 Å². The van der Waals surface area contributed by atoms with Crippen LogP contribution in [0.2, 0.25) is 0 Å². The van der Waals surface area contributed by atoms with Gasteiger partial charge in [-0.25, -0.2) is 4.98 Å². The topological polar surface area (TPSA) is 42.4 Å². The Morgan fingerprint density at radius 1 is 1.19 bits per heavy atom. The van der Waals surface area contributed by atoms with Gasteiger partial charge in [-0.1, -0.05) is 24.3 Å². The third-order valence-corrected chi connectivity index (χ3v) is 3.60. The van der Waals surface area contributed by atoms with Crippen molar-refractivity contribution in [3.63, 3.8) is 0 Å². The van der Waals surface area contributed by atoms with Crippen LogP contribution >= 0.6 is 0 Å². The van der Waals surface area contributed by atoms with Gasteiger partial charge in [-0.15, -0.1) is 0 Å². The SMILES string of the molecule is Cc1cccc(OC2CCN(C(=O)c3ccccc3)C2)n1. The van der Waals surface area contributed by atoms with Crippen molar-refractivity contribution in [3.05, 3.63) is 59.8 Å². The Balaban J connectivity index is 1.62. The van der Waals surface area contributed by atoms with Gasteiger partial charge in [-0.2, -0.15) is 0 Å². The molecule has 0 spiro atoms. The summed E-state index contributed by atoms with van der Waals surface area (Å²) in [4.78, 5) is 18.5. The van der Waals surface area contributed by atoms with Crippen molar-refractivity contribution in [2.75, 3.05) is 13.1 Å². The van der Waals surface area contributed by atoms with E-state index in [1.165, 1.54) is 0 Å². The van der Waals surface area contributed by atoms with Gasteiger partial charge in [0, 0.05) is 30.3 Å². The number of hydrogen-bond donors (Lipinski definition) is 0. The van der Waals surface area contributed by atoms with Gasteiger partial charge in [0.15, 0.2) is 0 Å². The Hall–Kier alpha value is -2.36. The lowest BCUT2D eigenvalue weighted by molar-refractivity contribution is 0.0771. The smallest absolute Gasteiger partial charge is 0.253 e. The van der Waals surface area contributed by atoms with E-state index in [4.69, 9.17) is 4.74 Å². The Kier molecular flexibility index (Phi) is 3.86. The number of pyridine rings is 1. The number of carbonyl (C=O) groups is 1. The average molecular weight is 282 g/mol. The molecule has 1 aromatic heterocycles. The van der Waals surface area contributed by atoms with Crippen molar-refractivity contribution >= 4 is 5.91 Å². The summed E-state index contributed by atoms with van der Waals surface area (Å²) in [5.74, 6) is 0.702. The van der Waals surface area contributed by atoms with Crippen LogP contribution in [0.3, 0.4) is 0 Å². The van der Waals surface area contributed by atoms with E-state index in [0.717, 1.165) is 24.2 Å². The Morgan fingerprint density at radius 2 is 2.00 bits per heavy atom. The van der Waals surface area contributed by atoms with E-state index in [0.29, 0.717) is 12.4 Å². The number of aryl methyl sites for hydroxylation is 1. The lowest BCUT2D eigenvalue weighted by Gasteiger charge is -2.17. The summed E-state index contributed by atoms with van der Waals surface area (Å²) >= 11 is 0. The summed E-state index contributed by atoms with van der Waals surface area (Å²) in [6.45, 7) is 3.28. The first-order chi connectivity index (χ1) is 10.2. The molecule has 1 atom stereocenters. The van der Waals surface area contributed by atoms with Crippen molar-refractivity contribution in [1.82, 2.24) is 9.88 Å². The molecule has 0 bridgehead atoms. The molecule has 108 valence electrons. The fraction of sp³-hybridized carbons (Fsp3) is 0.294. The van der Waals surface area contributed by atoms with Gasteiger partial charge in [-0.3, -0.25) is 4.79 Å². The molecule has 0 N–H and O–H groups in total. The van der Waals surface area contributed by atoms with Crippen molar-refractivity contribution in [2.45, 2.75) is 19.4 Å². The zero-order valence-corrected chi connectivity index (χ0v) is 12.0. The van der Waals surface area contributed by atoms with Gasteiger partial charge in [0.25, 0.3) is 5.91 Å². The highest BCUT2D eigenvalue weighted by Gasteiger charge is 2.28. The van der Waals surface area contributed by atoms with E-state index in [1.54, 1.807) is 0 Å². The fourth-order valence-electron chi connectivity index (χ4n) is 2.53. The molecule has 1 amide bonds. The number of aromatic nitrogens is 1. The number of ether oxygens (including phenoxy) is 1. The number of carbonyl (C=O) groups excluding carboxylic acids is 1. The van der Waals surface area contributed by atoms with Crippen LogP contribution in [-0.2, 0) is 0 Å². The highest BCUT2D eigenvalue weighted by molar-refractivity contribution is 5.94. The maximum absolute atomic E-state index is 12.4. The lowest BCUT2D eigenvalue weighted by Crippen LogP contribution is -2.31. The van der Waals surface area contributed by atoms with Crippen LogP contribution in [0.5, 0.6) is 5.88 Å². The molecule has 0 radical (unpaired) electrons. The molecule has 1 aromatic carbocycles. The van der Waals surface area contributed by atoms with Gasteiger partial charge in [0.1, 0.15) is 6.10 Å². The molecule has 2 heterocycles. The highest BCUT2D eigenvalue weighted by Crippen LogP contribution is 2.18. The number of nitrogens with zero attached hydrogens (tertiary/aromatic N) is 2. The number of amides is 1. The molecular formula is C17H18N2O2. The van der Waals surface area contributed by atoms with Gasteiger partial charge >= 0.3 is 0 Å². The standard InChI is InChI=1S/C17H18N2O2/c1-13-6-5-9-16(18-13)21-15-10-11-19(12-15)17(20)14-7-3-2-4-8-14/h2-9,15H,10-12H2,1H3. The summed E-state index contributed by atoms with van der Waals surface area (Å²) in [5.41, 5.74) is 1.66. The van der Waals surface area contributed by atoms with Crippen LogP contribution in [0, 0.1) is 6.92 Å². The minimum atomic E-state index is 0.0203. The molecule has 1 aliphatic heterocycles. The fourth-order valence-corrected chi connectivity index (χ4v) is 2.53. The third kappa shape index (κ3) is 3.21. The second-order valence-corrected chi connectivity index (χ2v) is 5.26. The van der Waals surface area contributed by atoms with E-state index in [-0.39, 0.29) is 12.0 Å². The third-order valence-electron chi connectivity index (χ3n) is 3.60. The zero-order valence-electron chi connectivity index (χ0n) is 12.0. The molecule has 4 nitrogen and oxygen atoms in total. The first-order valence-corrected chi connectivity index (χ1v) is 7.17. The summed E-state index contributed by atoms with van der Waals surface area (Å²) in [5, 5.41) is 0. The molecule has 0 aliphatic carbocycles. The largest absolute Gasteiger partial charge is 0.472 e. The van der Waals surface area contributed by atoms with Crippen molar-refractivity contribution < 1.29 is 9.53 Å². The predicted molar refractivity (Wildman–Crippen MR) is 80.4 cm³/mol. The summed E-state index contributed by atoms with van der Waals surface area (Å²) in [7, 11) is 0. The second kappa shape index (κ2) is 5.95. The molecule has 1 unspecified atom stereocenters. The summed E-state index contributed by atoms with van der Waals surface area (Å²) < 4.78 is 5.87. The predicted octanol–water partition coefficient (Wildman–Crippen LogP) is 2.68. The maximum Gasteiger partial charge on any atom is 0.253 e. The van der Waals surface area contributed by atoms with E-state index in [1.807, 2.05) is 60.4 Å². The van der Waals surface area contributed by atoms with Gasteiger partial charge < -0.3 is 9.64 Å². The number of rotatable bonds is 3. The van der Waals surface area contributed by atoms with Gasteiger partial charge in [-0.05, 0) is 25.1 Å². The van der Waals surface area contributed by atoms with Crippen LogP contribution in [0.15, 0.2) is 48.5 Å². The maximum atomic E-state index is 12.4. The van der Waals surface area contributed by atoms with Crippen molar-refractivity contribution in [2.24, 2.45) is 0 Å². The minimum Gasteiger partial charge on any atom is -0.472 e. The Morgan fingerprint density at radius 3 is 2.76 bits per heavy atom. The molecule has 1 aliphatic rings. The van der Waals surface area contributed by atoms with Gasteiger partial charge in [0.05, 0.1) is 6.54 Å². The van der Waals surface area contributed by atoms with Crippen LogP contribution in [0.4, 0.5) is 0 Å². The van der Waals surface area contributed by atoms with E-state index in [9.17, 15) is 4.79 Å². The highest BCUT2D eigenvalue weighted by atomic mass is 16.5. The molecular weight excluding hydrogens is 264 g/mol. The Bertz CT molecular complexity index is 628. The van der Waals surface area contributed by atoms with Crippen LogP contribution < -0.4 is 4.74 Å². The molecule has 4 heteroatoms. The van der Waals surface area contributed by atoms with Crippen molar-refractivity contribution in [1.29, 1.82) is 0 Å². The van der Waals surface area contributed by atoms with Crippen molar-refractivity contribution in [3.8, 4) is 5.88 Å². The molecule has 3 rings (SSSR count). The van der Waals surface area contributed by atoms with E-state index >= 15 is 0 Å². The van der Waals surface area contributed by atoms with Gasteiger partial charge in [0.2, 0.25) is 5.88 Å². The second-order valence-electron chi connectivity index (χ2n) is 5.26. The Labute approximate surface area is 124 Å². The molecule has 21 heavy (non-hydrogen) atoms. The molecule has 2 aromatic rings.